The predicted octanol–water partition coefficient (Wildman–Crippen LogP) is 1.51. The Bertz CT molecular complexity index is 833. The molecule has 0 aliphatic heterocycles. The molecule has 0 atom stereocenters. The minimum Gasteiger partial charge on any atom is -0.491 e. The summed E-state index contributed by atoms with van der Waals surface area (Å²) in [5.74, 6) is 0.00182. The van der Waals surface area contributed by atoms with Crippen LogP contribution in [0.5, 0.6) is 5.75 Å². The molecule has 0 radical (unpaired) electrons. The lowest BCUT2D eigenvalue weighted by molar-refractivity contribution is 0.102. The van der Waals surface area contributed by atoms with E-state index in [0.29, 0.717) is 5.95 Å². The summed E-state index contributed by atoms with van der Waals surface area (Å²) in [6.07, 6.45) is 1.34. The molecule has 0 saturated heterocycles. The molecule has 0 spiro atoms. The van der Waals surface area contributed by atoms with Crippen LogP contribution in [0.2, 0.25) is 0 Å². The first-order chi connectivity index (χ1) is 10.2. The van der Waals surface area contributed by atoms with Crippen molar-refractivity contribution in [3.63, 3.8) is 0 Å². The smallest absolute Gasteiger partial charge is 0.274 e. The molecule has 0 fully saturated rings. The van der Waals surface area contributed by atoms with E-state index in [9.17, 15) is 9.59 Å². The minimum absolute atomic E-state index is 0.126. The molecule has 0 unspecified atom stereocenters. The number of ether oxygens (including phenoxy) is 1. The summed E-state index contributed by atoms with van der Waals surface area (Å²) in [7, 11) is 1.39. The fourth-order valence-electron chi connectivity index (χ4n) is 1.94. The van der Waals surface area contributed by atoms with Gasteiger partial charge in [-0.1, -0.05) is 12.1 Å². The van der Waals surface area contributed by atoms with Gasteiger partial charge in [0.1, 0.15) is 5.69 Å². The van der Waals surface area contributed by atoms with Gasteiger partial charge in [-0.15, -0.1) is 0 Å². The van der Waals surface area contributed by atoms with Gasteiger partial charge in [0.25, 0.3) is 5.91 Å². The number of carbonyl (C=O) groups excluding carboxylic acids is 1. The Morgan fingerprint density at radius 1 is 1.33 bits per heavy atom. The number of hydrogen-bond acceptors (Lipinski definition) is 4. The maximum Gasteiger partial charge on any atom is 0.274 e. The number of nitrogens with one attached hydrogen (secondary N) is 3. The van der Waals surface area contributed by atoms with Crippen molar-refractivity contribution in [3.8, 4) is 5.75 Å². The molecule has 21 heavy (non-hydrogen) atoms. The third-order valence-electron chi connectivity index (χ3n) is 2.96. The molecular weight excluding hydrogens is 272 g/mol. The van der Waals surface area contributed by atoms with Gasteiger partial charge in [0, 0.05) is 12.3 Å². The van der Waals surface area contributed by atoms with Crippen LogP contribution in [0.15, 0.2) is 41.3 Å². The SMILES string of the molecule is COc1c[nH]c(C(=O)Nc2nc3ccccc3[nH]2)cc1=O. The lowest BCUT2D eigenvalue weighted by Gasteiger charge is -2.03. The van der Waals surface area contributed by atoms with Crippen LogP contribution >= 0.6 is 0 Å². The van der Waals surface area contributed by atoms with Gasteiger partial charge < -0.3 is 14.7 Å². The summed E-state index contributed by atoms with van der Waals surface area (Å²) in [5.41, 5.74) is 1.32. The van der Waals surface area contributed by atoms with Gasteiger partial charge in [-0.05, 0) is 12.1 Å². The molecular formula is C14H12N4O3. The normalized spacial score (nSPS) is 10.5. The Balaban J connectivity index is 1.85. The van der Waals surface area contributed by atoms with Crippen molar-refractivity contribution in [2.24, 2.45) is 0 Å². The third-order valence-corrected chi connectivity index (χ3v) is 2.96. The zero-order valence-corrected chi connectivity index (χ0v) is 11.1. The van der Waals surface area contributed by atoms with Gasteiger partial charge in [-0.3, -0.25) is 14.9 Å². The number of para-hydroxylation sites is 2. The van der Waals surface area contributed by atoms with Crippen LogP contribution in [0, 0.1) is 0 Å². The molecule has 3 rings (SSSR count). The molecule has 7 heteroatoms. The Labute approximate surface area is 119 Å². The van der Waals surface area contributed by atoms with E-state index in [4.69, 9.17) is 4.74 Å². The molecule has 0 bridgehead atoms. The van der Waals surface area contributed by atoms with Crippen molar-refractivity contribution < 1.29 is 9.53 Å². The number of H-pyrrole nitrogens is 2. The standard InChI is InChI=1S/C14H12N4O3/c1-21-12-7-15-10(6-11(12)19)13(20)18-14-16-8-4-2-3-5-9(8)17-14/h2-7H,1H3,(H,15,19)(H2,16,17,18,20). The number of rotatable bonds is 3. The van der Waals surface area contributed by atoms with Crippen molar-refractivity contribution >= 4 is 22.9 Å². The average Bonchev–Trinajstić information content (AvgIpc) is 2.89. The van der Waals surface area contributed by atoms with Gasteiger partial charge in [-0.2, -0.15) is 0 Å². The number of pyridine rings is 1. The number of nitrogens with zero attached hydrogens (tertiary/aromatic N) is 1. The van der Waals surface area contributed by atoms with Crippen molar-refractivity contribution in [2.45, 2.75) is 0 Å². The zero-order chi connectivity index (χ0) is 14.8. The number of aromatic amines is 2. The van der Waals surface area contributed by atoms with Gasteiger partial charge >= 0.3 is 0 Å². The van der Waals surface area contributed by atoms with E-state index in [2.05, 4.69) is 20.3 Å². The first kappa shape index (κ1) is 12.9. The van der Waals surface area contributed by atoms with Gasteiger partial charge in [-0.25, -0.2) is 4.98 Å². The maximum atomic E-state index is 12.1. The molecule has 1 aromatic carbocycles. The number of imidazole rings is 1. The van der Waals surface area contributed by atoms with E-state index in [-0.39, 0.29) is 16.9 Å². The molecule has 3 aromatic rings. The Hall–Kier alpha value is -3.09. The molecule has 1 amide bonds. The number of carbonyl (C=O) groups is 1. The fraction of sp³-hybridized carbons (Fsp3) is 0.0714. The number of anilines is 1. The molecule has 7 nitrogen and oxygen atoms in total. The van der Waals surface area contributed by atoms with E-state index in [1.165, 1.54) is 19.4 Å². The lowest BCUT2D eigenvalue weighted by Crippen LogP contribution is -2.17. The molecule has 0 aliphatic carbocycles. The quantitative estimate of drug-likeness (QED) is 0.678. The van der Waals surface area contributed by atoms with E-state index >= 15 is 0 Å². The number of fused-ring (bicyclic) bond motifs is 1. The molecule has 0 aliphatic rings. The minimum atomic E-state index is -0.464. The Morgan fingerprint density at radius 2 is 2.14 bits per heavy atom. The highest BCUT2D eigenvalue weighted by Crippen LogP contribution is 2.13. The van der Waals surface area contributed by atoms with E-state index in [0.717, 1.165) is 11.0 Å². The van der Waals surface area contributed by atoms with E-state index < -0.39 is 5.91 Å². The average molecular weight is 284 g/mol. The maximum absolute atomic E-state index is 12.1. The van der Waals surface area contributed by atoms with Crippen LogP contribution in [-0.4, -0.2) is 28.0 Å². The molecule has 3 N–H and O–H groups in total. The second kappa shape index (κ2) is 5.12. The van der Waals surface area contributed by atoms with Crippen molar-refractivity contribution in [2.75, 3.05) is 12.4 Å². The fourth-order valence-corrected chi connectivity index (χ4v) is 1.94. The second-order valence-electron chi connectivity index (χ2n) is 4.34. The number of hydrogen-bond donors (Lipinski definition) is 3. The van der Waals surface area contributed by atoms with Crippen molar-refractivity contribution in [3.05, 3.63) is 52.4 Å². The highest BCUT2D eigenvalue weighted by atomic mass is 16.5. The topological polar surface area (TPSA) is 99.9 Å². The monoisotopic (exact) mass is 284 g/mol. The van der Waals surface area contributed by atoms with Crippen LogP contribution in [0.4, 0.5) is 5.95 Å². The van der Waals surface area contributed by atoms with Crippen molar-refractivity contribution in [1.29, 1.82) is 0 Å². The summed E-state index contributed by atoms with van der Waals surface area (Å²) < 4.78 is 4.84. The molecule has 2 heterocycles. The van der Waals surface area contributed by atoms with Gasteiger partial charge in [0.2, 0.25) is 11.4 Å². The van der Waals surface area contributed by atoms with Gasteiger partial charge in [0.15, 0.2) is 5.75 Å². The zero-order valence-electron chi connectivity index (χ0n) is 11.1. The highest BCUT2D eigenvalue weighted by Gasteiger charge is 2.11. The molecule has 106 valence electrons. The largest absolute Gasteiger partial charge is 0.491 e. The number of benzene rings is 1. The Morgan fingerprint density at radius 3 is 2.86 bits per heavy atom. The summed E-state index contributed by atoms with van der Waals surface area (Å²) in [6, 6.07) is 8.59. The number of aromatic nitrogens is 3. The number of methoxy groups -OCH3 is 1. The van der Waals surface area contributed by atoms with Gasteiger partial charge in [0.05, 0.1) is 18.1 Å². The van der Waals surface area contributed by atoms with Crippen LogP contribution in [-0.2, 0) is 0 Å². The highest BCUT2D eigenvalue weighted by molar-refractivity contribution is 6.02. The first-order valence-corrected chi connectivity index (χ1v) is 6.20. The summed E-state index contributed by atoms with van der Waals surface area (Å²) in [6.45, 7) is 0. The predicted molar refractivity (Wildman–Crippen MR) is 77.7 cm³/mol. The van der Waals surface area contributed by atoms with Crippen molar-refractivity contribution in [1.82, 2.24) is 15.0 Å². The molecule has 2 aromatic heterocycles. The summed E-state index contributed by atoms with van der Waals surface area (Å²) in [5, 5.41) is 2.60. The Kier molecular flexibility index (Phi) is 3.15. The third kappa shape index (κ3) is 2.48. The first-order valence-electron chi connectivity index (χ1n) is 6.20. The van der Waals surface area contributed by atoms with Crippen LogP contribution in [0.25, 0.3) is 11.0 Å². The number of amides is 1. The van der Waals surface area contributed by atoms with Crippen LogP contribution in [0.1, 0.15) is 10.5 Å². The second-order valence-corrected chi connectivity index (χ2v) is 4.34. The summed E-state index contributed by atoms with van der Waals surface area (Å²) in [4.78, 5) is 33.6. The van der Waals surface area contributed by atoms with E-state index in [1.54, 1.807) is 0 Å². The van der Waals surface area contributed by atoms with Crippen LogP contribution < -0.4 is 15.5 Å². The van der Waals surface area contributed by atoms with Crippen LogP contribution in [0.3, 0.4) is 0 Å². The summed E-state index contributed by atoms with van der Waals surface area (Å²) >= 11 is 0. The molecule has 0 saturated carbocycles. The lowest BCUT2D eigenvalue weighted by atomic mass is 10.3. The van der Waals surface area contributed by atoms with E-state index in [1.807, 2.05) is 24.3 Å².